The Hall–Kier alpha value is -2.27. The van der Waals surface area contributed by atoms with E-state index in [4.69, 9.17) is 11.6 Å². The molecule has 1 aromatic carbocycles. The van der Waals surface area contributed by atoms with Gasteiger partial charge in [0, 0.05) is 40.6 Å². The monoisotopic (exact) mass is 401 g/mol. The summed E-state index contributed by atoms with van der Waals surface area (Å²) in [7, 11) is 0. The lowest BCUT2D eigenvalue weighted by molar-refractivity contribution is 0.0950. The lowest BCUT2D eigenvalue weighted by atomic mass is 10.0. The summed E-state index contributed by atoms with van der Waals surface area (Å²) in [5.74, 6) is 0.454. The molecular formula is C22H28ClN3O2. The number of hydrogen-bond acceptors (Lipinski definition) is 3. The number of H-pyrrole nitrogens is 1. The van der Waals surface area contributed by atoms with Gasteiger partial charge in [0.25, 0.3) is 11.5 Å². The van der Waals surface area contributed by atoms with Crippen LogP contribution in [0.3, 0.4) is 0 Å². The average Bonchev–Trinajstić information content (AvgIpc) is 3.14. The number of pyridine rings is 1. The maximum atomic E-state index is 12.8. The van der Waals surface area contributed by atoms with Crippen molar-refractivity contribution in [3.63, 3.8) is 0 Å². The van der Waals surface area contributed by atoms with Gasteiger partial charge in [-0.3, -0.25) is 9.59 Å². The zero-order valence-electron chi connectivity index (χ0n) is 16.7. The summed E-state index contributed by atoms with van der Waals surface area (Å²) in [6.45, 7) is 6.72. The van der Waals surface area contributed by atoms with Gasteiger partial charge < -0.3 is 15.6 Å². The maximum Gasteiger partial charge on any atom is 0.253 e. The SMILES string of the molecule is Cc1cc(C)c(CNC(=O)c2cc(Cl)cc(NCC3CCCC3)c2C)c(=O)[nH]1. The fourth-order valence-electron chi connectivity index (χ4n) is 3.93. The molecule has 1 aliphatic carbocycles. The predicted octanol–water partition coefficient (Wildman–Crippen LogP) is 4.49. The van der Waals surface area contributed by atoms with Crippen LogP contribution in [-0.2, 0) is 6.54 Å². The Labute approximate surface area is 170 Å². The number of anilines is 1. The normalized spacial score (nSPS) is 14.3. The predicted molar refractivity (Wildman–Crippen MR) is 114 cm³/mol. The number of halogens is 1. The van der Waals surface area contributed by atoms with Crippen LogP contribution >= 0.6 is 11.6 Å². The molecular weight excluding hydrogens is 374 g/mol. The molecule has 0 unspecified atom stereocenters. The number of aromatic nitrogens is 1. The Bertz CT molecular complexity index is 930. The van der Waals surface area contributed by atoms with E-state index < -0.39 is 0 Å². The summed E-state index contributed by atoms with van der Waals surface area (Å²) in [5.41, 5.74) is 4.37. The quantitative estimate of drug-likeness (QED) is 0.667. The second kappa shape index (κ2) is 8.82. The second-order valence-corrected chi connectivity index (χ2v) is 8.22. The average molecular weight is 402 g/mol. The number of benzene rings is 1. The van der Waals surface area contributed by atoms with Crippen molar-refractivity contribution in [3.8, 4) is 0 Å². The minimum atomic E-state index is -0.233. The molecule has 1 aromatic heterocycles. The molecule has 1 saturated carbocycles. The van der Waals surface area contributed by atoms with Gasteiger partial charge in [-0.05, 0) is 68.9 Å². The summed E-state index contributed by atoms with van der Waals surface area (Å²) in [5, 5.41) is 6.86. The molecule has 0 spiro atoms. The third-order valence-corrected chi connectivity index (χ3v) is 5.81. The molecule has 0 bridgehead atoms. The minimum Gasteiger partial charge on any atom is -0.384 e. The maximum absolute atomic E-state index is 12.8. The summed E-state index contributed by atoms with van der Waals surface area (Å²) < 4.78 is 0. The van der Waals surface area contributed by atoms with Crippen molar-refractivity contribution in [2.24, 2.45) is 5.92 Å². The molecule has 0 atom stereocenters. The van der Waals surface area contributed by atoms with Gasteiger partial charge in [-0.1, -0.05) is 24.4 Å². The number of nitrogens with one attached hydrogen (secondary N) is 3. The highest BCUT2D eigenvalue weighted by atomic mass is 35.5. The van der Waals surface area contributed by atoms with Crippen molar-refractivity contribution >= 4 is 23.2 Å². The highest BCUT2D eigenvalue weighted by Gasteiger charge is 2.18. The van der Waals surface area contributed by atoms with Crippen LogP contribution in [0.1, 0.15) is 58.4 Å². The summed E-state index contributed by atoms with van der Waals surface area (Å²) >= 11 is 6.27. The second-order valence-electron chi connectivity index (χ2n) is 7.78. The number of carbonyl (C=O) groups excluding carboxylic acids is 1. The smallest absolute Gasteiger partial charge is 0.253 e. The Morgan fingerprint density at radius 3 is 2.57 bits per heavy atom. The van der Waals surface area contributed by atoms with E-state index in [0.717, 1.165) is 29.1 Å². The van der Waals surface area contributed by atoms with Crippen LogP contribution in [0.2, 0.25) is 5.02 Å². The fourth-order valence-corrected chi connectivity index (χ4v) is 4.15. The first-order valence-electron chi connectivity index (χ1n) is 9.86. The van der Waals surface area contributed by atoms with E-state index in [1.807, 2.05) is 32.9 Å². The number of hydrogen-bond donors (Lipinski definition) is 3. The van der Waals surface area contributed by atoms with E-state index in [9.17, 15) is 9.59 Å². The van der Waals surface area contributed by atoms with Gasteiger partial charge in [0.05, 0.1) is 0 Å². The Morgan fingerprint density at radius 1 is 1.18 bits per heavy atom. The molecule has 1 amide bonds. The van der Waals surface area contributed by atoms with Crippen LogP contribution in [0.15, 0.2) is 23.0 Å². The van der Waals surface area contributed by atoms with Crippen molar-refractivity contribution < 1.29 is 4.79 Å². The van der Waals surface area contributed by atoms with E-state index in [2.05, 4.69) is 15.6 Å². The van der Waals surface area contributed by atoms with E-state index in [0.29, 0.717) is 22.1 Å². The van der Waals surface area contributed by atoms with Crippen molar-refractivity contribution in [3.05, 3.63) is 61.5 Å². The van der Waals surface area contributed by atoms with Crippen LogP contribution < -0.4 is 16.2 Å². The number of aromatic amines is 1. The summed E-state index contributed by atoms with van der Waals surface area (Å²) in [6, 6.07) is 5.45. The first-order valence-corrected chi connectivity index (χ1v) is 10.2. The zero-order valence-corrected chi connectivity index (χ0v) is 17.5. The summed E-state index contributed by atoms with van der Waals surface area (Å²) in [4.78, 5) is 27.7. The molecule has 0 aliphatic heterocycles. The minimum absolute atomic E-state index is 0.167. The largest absolute Gasteiger partial charge is 0.384 e. The number of carbonyl (C=O) groups is 1. The van der Waals surface area contributed by atoms with Crippen LogP contribution in [-0.4, -0.2) is 17.4 Å². The van der Waals surface area contributed by atoms with Gasteiger partial charge in [0.1, 0.15) is 0 Å². The van der Waals surface area contributed by atoms with Crippen LogP contribution in [0.25, 0.3) is 0 Å². The molecule has 28 heavy (non-hydrogen) atoms. The van der Waals surface area contributed by atoms with Gasteiger partial charge in [0.2, 0.25) is 0 Å². The highest BCUT2D eigenvalue weighted by molar-refractivity contribution is 6.31. The molecule has 1 aliphatic rings. The number of aryl methyl sites for hydroxylation is 2. The highest BCUT2D eigenvalue weighted by Crippen LogP contribution is 2.28. The van der Waals surface area contributed by atoms with E-state index >= 15 is 0 Å². The zero-order chi connectivity index (χ0) is 20.3. The third-order valence-electron chi connectivity index (χ3n) is 5.59. The topological polar surface area (TPSA) is 74.0 Å². The van der Waals surface area contributed by atoms with Gasteiger partial charge in [0.15, 0.2) is 0 Å². The molecule has 5 nitrogen and oxygen atoms in total. The first-order chi connectivity index (χ1) is 13.3. The standard InChI is InChI=1S/C22H28ClN3O2/c1-13-8-14(2)26-22(28)19(13)12-25-21(27)18-9-17(23)10-20(15(18)3)24-11-16-6-4-5-7-16/h8-10,16,24H,4-7,11-12H2,1-3H3,(H,25,27)(H,26,28). The molecule has 1 fully saturated rings. The van der Waals surface area contributed by atoms with Crippen molar-refractivity contribution in [1.29, 1.82) is 0 Å². The Morgan fingerprint density at radius 2 is 1.89 bits per heavy atom. The van der Waals surface area contributed by atoms with E-state index in [1.54, 1.807) is 6.07 Å². The third kappa shape index (κ3) is 4.76. The van der Waals surface area contributed by atoms with Crippen molar-refractivity contribution in [2.75, 3.05) is 11.9 Å². The van der Waals surface area contributed by atoms with Crippen LogP contribution in [0, 0.1) is 26.7 Å². The van der Waals surface area contributed by atoms with Gasteiger partial charge in [-0.25, -0.2) is 0 Å². The molecule has 0 saturated heterocycles. The Kier molecular flexibility index (Phi) is 6.45. The van der Waals surface area contributed by atoms with E-state index in [1.165, 1.54) is 25.7 Å². The van der Waals surface area contributed by atoms with Crippen LogP contribution in [0.4, 0.5) is 5.69 Å². The van der Waals surface area contributed by atoms with Gasteiger partial charge in [-0.2, -0.15) is 0 Å². The lowest BCUT2D eigenvalue weighted by Crippen LogP contribution is -2.28. The first kappa shape index (κ1) is 20.5. The lowest BCUT2D eigenvalue weighted by Gasteiger charge is -2.17. The number of rotatable bonds is 6. The molecule has 3 N–H and O–H groups in total. The van der Waals surface area contributed by atoms with E-state index in [-0.39, 0.29) is 18.0 Å². The summed E-state index contributed by atoms with van der Waals surface area (Å²) in [6.07, 6.45) is 5.10. The fraction of sp³-hybridized carbons (Fsp3) is 0.455. The molecule has 1 heterocycles. The van der Waals surface area contributed by atoms with Gasteiger partial charge in [-0.15, -0.1) is 0 Å². The molecule has 3 rings (SSSR count). The number of amides is 1. The van der Waals surface area contributed by atoms with Crippen molar-refractivity contribution in [2.45, 2.75) is 53.0 Å². The molecule has 2 aromatic rings. The molecule has 0 radical (unpaired) electrons. The Balaban J connectivity index is 1.73. The van der Waals surface area contributed by atoms with Crippen molar-refractivity contribution in [1.82, 2.24) is 10.3 Å². The molecule has 6 heteroatoms. The van der Waals surface area contributed by atoms with Gasteiger partial charge >= 0.3 is 0 Å². The van der Waals surface area contributed by atoms with Crippen LogP contribution in [0.5, 0.6) is 0 Å². The molecule has 150 valence electrons.